The van der Waals surface area contributed by atoms with Crippen LogP contribution < -0.4 is 15.4 Å². The number of likely N-dealkylation sites (tertiary alicyclic amines) is 1. The lowest BCUT2D eigenvalue weighted by Crippen LogP contribution is -2.56. The topological polar surface area (TPSA) is 199 Å². The van der Waals surface area contributed by atoms with Crippen molar-refractivity contribution in [2.75, 3.05) is 32.1 Å². The number of H-pyrrole nitrogens is 1. The standard InChI is InChI=1S/C44H48F2N5O9PS2/c1-43(2,26-52)42(57)62-19-18-59-61(58,60-32-9-4-3-5-10-32)44(45,46)30-12-15-36-28(20-30)21-37(63-36)39(54)49-34-11-7-6-8-31-13-14-35(51(31)40(34)55)41(56)50-24-29(23-47)33(25-50)27-16-17-48-38(53)22-27/h3-5,9-10,12,15-17,20-22,29,31,33-35,52H,6-8,11,13-14,18-19,24-26H2,1-2H3,(H,48,53)(H,49,54)/t29-,31+,33+,34+,35+,61?/m1/s1. The number of thioether (sulfide) groups is 1. The number of alkyl halides is 2. The van der Waals surface area contributed by atoms with Gasteiger partial charge in [0, 0.05) is 53.3 Å². The molecule has 0 aliphatic carbocycles. The predicted octanol–water partition coefficient (Wildman–Crippen LogP) is 7.00. The summed E-state index contributed by atoms with van der Waals surface area (Å²) < 4.78 is 58.3. The maximum absolute atomic E-state index is 16.5. The zero-order valence-electron chi connectivity index (χ0n) is 34.7. The van der Waals surface area contributed by atoms with Gasteiger partial charge in [0.05, 0.1) is 35.5 Å². The van der Waals surface area contributed by atoms with Gasteiger partial charge in [-0.3, -0.25) is 28.5 Å². The number of para-hydroxylation sites is 1. The van der Waals surface area contributed by atoms with E-state index in [1.165, 1.54) is 62.5 Å². The number of benzene rings is 2. The van der Waals surface area contributed by atoms with Crippen LogP contribution >= 0.6 is 30.7 Å². The summed E-state index contributed by atoms with van der Waals surface area (Å²) in [5, 5.41) is 22.2. The van der Waals surface area contributed by atoms with Gasteiger partial charge >= 0.3 is 13.3 Å². The summed E-state index contributed by atoms with van der Waals surface area (Å²) in [6.45, 7) is 2.50. The van der Waals surface area contributed by atoms with Crippen LogP contribution in [0.5, 0.6) is 5.75 Å². The predicted molar refractivity (Wildman–Crippen MR) is 234 cm³/mol. The lowest BCUT2D eigenvalue weighted by Gasteiger charge is -2.36. The normalized spacial score (nSPS) is 22.7. The fraction of sp³-hybridized carbons (Fsp3) is 0.455. The molecule has 3 saturated heterocycles. The molecule has 3 N–H and O–H groups in total. The number of aliphatic hydroxyl groups excluding tert-OH is 1. The summed E-state index contributed by atoms with van der Waals surface area (Å²) in [5.41, 5.74) is -5.62. The Morgan fingerprint density at radius 1 is 1.03 bits per heavy atom. The van der Waals surface area contributed by atoms with Crippen LogP contribution in [0.1, 0.15) is 79.1 Å². The van der Waals surface area contributed by atoms with Crippen molar-refractivity contribution in [3.8, 4) is 11.8 Å². The molecule has 7 rings (SSSR count). The molecule has 0 saturated carbocycles. The molecule has 6 atom stereocenters. The van der Waals surface area contributed by atoms with Crippen molar-refractivity contribution < 1.29 is 46.7 Å². The molecule has 2 aromatic heterocycles. The lowest BCUT2D eigenvalue weighted by molar-refractivity contribution is -0.146. The minimum absolute atomic E-state index is 0.125. The molecule has 2 aromatic carbocycles. The Morgan fingerprint density at radius 2 is 1.79 bits per heavy atom. The third-order valence-corrected chi connectivity index (χ3v) is 16.1. The van der Waals surface area contributed by atoms with Crippen molar-refractivity contribution in [2.45, 2.75) is 82.1 Å². The highest BCUT2D eigenvalue weighted by molar-refractivity contribution is 8.13. The zero-order chi connectivity index (χ0) is 45.1. The van der Waals surface area contributed by atoms with Gasteiger partial charge in [0.25, 0.3) is 5.91 Å². The van der Waals surface area contributed by atoms with Crippen LogP contribution in [0.4, 0.5) is 8.78 Å². The van der Waals surface area contributed by atoms with Crippen LogP contribution in [0, 0.1) is 22.7 Å². The Bertz CT molecular complexity index is 2510. The Kier molecular flexibility index (Phi) is 13.9. The minimum Gasteiger partial charge on any atom is -0.420 e. The molecule has 14 nitrogen and oxygen atoms in total. The second kappa shape index (κ2) is 19.0. The second-order valence-electron chi connectivity index (χ2n) is 16.7. The van der Waals surface area contributed by atoms with E-state index in [0.717, 1.165) is 41.7 Å². The molecule has 0 bridgehead atoms. The number of fused-ring (bicyclic) bond motifs is 2. The number of hydrogen-bond donors (Lipinski definition) is 3. The molecule has 3 aliphatic rings. The average molecular weight is 924 g/mol. The third kappa shape index (κ3) is 9.78. The van der Waals surface area contributed by atoms with Crippen LogP contribution in [0.25, 0.3) is 10.1 Å². The van der Waals surface area contributed by atoms with E-state index in [1.807, 2.05) is 0 Å². The fourth-order valence-electron chi connectivity index (χ4n) is 8.33. The lowest BCUT2D eigenvalue weighted by atomic mass is 9.91. The Morgan fingerprint density at radius 3 is 2.52 bits per heavy atom. The average Bonchev–Trinajstić information content (AvgIpc) is 4.02. The van der Waals surface area contributed by atoms with Crippen LogP contribution in [0.3, 0.4) is 0 Å². The number of carbonyl (C=O) groups excluding carboxylic acids is 4. The number of rotatable bonds is 14. The van der Waals surface area contributed by atoms with Gasteiger partial charge in [-0.25, -0.2) is 4.57 Å². The van der Waals surface area contributed by atoms with E-state index >= 15 is 8.78 Å². The van der Waals surface area contributed by atoms with Crippen molar-refractivity contribution in [1.82, 2.24) is 20.1 Å². The first kappa shape index (κ1) is 46.1. The molecule has 334 valence electrons. The van der Waals surface area contributed by atoms with Gasteiger partial charge in [0.15, 0.2) is 5.12 Å². The van der Waals surface area contributed by atoms with Crippen LogP contribution in [0.2, 0.25) is 0 Å². The van der Waals surface area contributed by atoms with E-state index in [4.69, 9.17) is 9.05 Å². The molecule has 63 heavy (non-hydrogen) atoms. The molecular formula is C44H48F2N5O9PS2. The SMILES string of the molecule is CC(C)(CO)C(=O)SCCOP(=O)(Oc1ccccc1)C(F)(F)c1ccc2sc(C(=O)N[C@H]3CCCC[C@H]4CC[C@@H](C(=O)N5C[C@@H](C#N)[C@H](c6cc[nH]c(=O)c6)C5)N4C3=O)cc2c1. The molecule has 0 radical (unpaired) electrons. The van der Waals surface area contributed by atoms with Gasteiger partial charge in [-0.2, -0.15) is 14.0 Å². The van der Waals surface area contributed by atoms with E-state index in [9.17, 15) is 38.9 Å². The number of aromatic nitrogens is 1. The highest BCUT2D eigenvalue weighted by Crippen LogP contribution is 2.66. The molecule has 3 fully saturated rings. The number of nitriles is 1. The summed E-state index contributed by atoms with van der Waals surface area (Å²) in [7, 11) is -5.33. The van der Waals surface area contributed by atoms with Gasteiger partial charge < -0.3 is 29.7 Å². The van der Waals surface area contributed by atoms with Crippen molar-refractivity contribution in [2.24, 2.45) is 11.3 Å². The number of halogens is 2. The van der Waals surface area contributed by atoms with E-state index in [-0.39, 0.29) is 64.2 Å². The van der Waals surface area contributed by atoms with Crippen LogP contribution in [-0.2, 0) is 29.1 Å². The highest BCUT2D eigenvalue weighted by Gasteiger charge is 2.57. The Hall–Kier alpha value is -4.92. The van der Waals surface area contributed by atoms with Crippen molar-refractivity contribution in [3.05, 3.63) is 99.3 Å². The number of nitrogens with zero attached hydrogens (tertiary/aromatic N) is 3. The maximum atomic E-state index is 16.5. The number of amides is 3. The summed E-state index contributed by atoms with van der Waals surface area (Å²) in [6.07, 6.45) is 4.99. The Labute approximate surface area is 370 Å². The molecular weight excluding hydrogens is 876 g/mol. The first-order chi connectivity index (χ1) is 30.0. The van der Waals surface area contributed by atoms with Crippen molar-refractivity contribution >= 4 is 63.6 Å². The minimum atomic E-state index is -5.33. The molecule has 0 spiro atoms. The van der Waals surface area contributed by atoms with E-state index in [2.05, 4.69) is 16.4 Å². The number of pyridine rings is 1. The maximum Gasteiger partial charge on any atom is 0.453 e. The Balaban J connectivity index is 1.06. The number of carbonyl (C=O) groups is 4. The van der Waals surface area contributed by atoms with E-state index in [1.54, 1.807) is 21.9 Å². The van der Waals surface area contributed by atoms with Gasteiger partial charge in [-0.15, -0.1) is 11.3 Å². The number of nitrogens with one attached hydrogen (secondary N) is 2. The monoisotopic (exact) mass is 923 g/mol. The van der Waals surface area contributed by atoms with E-state index < -0.39 is 66.5 Å². The van der Waals surface area contributed by atoms with Gasteiger partial charge in [0.1, 0.15) is 17.8 Å². The fourth-order valence-corrected chi connectivity index (χ4v) is 11.7. The largest absolute Gasteiger partial charge is 0.453 e. The highest BCUT2D eigenvalue weighted by atomic mass is 32.2. The first-order valence-electron chi connectivity index (χ1n) is 20.7. The van der Waals surface area contributed by atoms with E-state index in [0.29, 0.717) is 42.4 Å². The quantitative estimate of drug-likeness (QED) is 0.0869. The molecule has 19 heteroatoms. The van der Waals surface area contributed by atoms with Gasteiger partial charge in [-0.1, -0.05) is 48.9 Å². The zero-order valence-corrected chi connectivity index (χ0v) is 37.2. The number of aliphatic hydroxyl groups is 1. The molecule has 1 unspecified atom stereocenters. The second-order valence-corrected chi connectivity index (χ2v) is 20.8. The van der Waals surface area contributed by atoms with Gasteiger partial charge in [0.2, 0.25) is 17.4 Å². The van der Waals surface area contributed by atoms with Gasteiger partial charge in [-0.05, 0) is 86.9 Å². The summed E-state index contributed by atoms with van der Waals surface area (Å²) in [4.78, 5) is 72.8. The van der Waals surface area contributed by atoms with Crippen LogP contribution in [-0.4, -0.2) is 92.9 Å². The van der Waals surface area contributed by atoms with Crippen molar-refractivity contribution in [3.63, 3.8) is 0 Å². The number of thiophene rings is 1. The first-order valence-corrected chi connectivity index (χ1v) is 24.1. The summed E-state index contributed by atoms with van der Waals surface area (Å²) >= 11 is 1.78. The molecule has 3 aliphatic heterocycles. The van der Waals surface area contributed by atoms with Crippen molar-refractivity contribution in [1.29, 1.82) is 5.26 Å². The number of hydrogen-bond acceptors (Lipinski definition) is 12. The number of aromatic amines is 1. The molecule has 5 heterocycles. The molecule has 4 aromatic rings. The summed E-state index contributed by atoms with van der Waals surface area (Å²) in [5.74, 6) is -2.43. The molecule has 3 amide bonds. The summed E-state index contributed by atoms with van der Waals surface area (Å²) in [6, 6.07) is 15.8. The third-order valence-electron chi connectivity index (χ3n) is 11.9. The van der Waals surface area contributed by atoms with Crippen LogP contribution in [0.15, 0.2) is 77.7 Å². The smallest absolute Gasteiger partial charge is 0.420 e.